The standard InChI is InChI=1S/C25H24N2O4/c1-3-30-24(28)19-10-14-21(15-11-19)26-18-27(22-8-6-5-7-9-22)23-16-12-20(13-17-23)25(29)31-4-2/h5-18H,3-4H2,1-2H3. The van der Waals surface area contributed by atoms with Crippen molar-refractivity contribution in [1.82, 2.24) is 0 Å². The molecule has 0 aliphatic carbocycles. The lowest BCUT2D eigenvalue weighted by atomic mass is 10.2. The van der Waals surface area contributed by atoms with Crippen molar-refractivity contribution in [3.05, 3.63) is 90.0 Å². The van der Waals surface area contributed by atoms with Crippen LogP contribution in [-0.4, -0.2) is 31.5 Å². The summed E-state index contributed by atoms with van der Waals surface area (Å²) in [6, 6.07) is 23.8. The zero-order valence-corrected chi connectivity index (χ0v) is 17.5. The maximum Gasteiger partial charge on any atom is 0.338 e. The number of hydrogen-bond donors (Lipinski definition) is 0. The minimum Gasteiger partial charge on any atom is -0.462 e. The largest absolute Gasteiger partial charge is 0.462 e. The van der Waals surface area contributed by atoms with Gasteiger partial charge in [-0.25, -0.2) is 14.6 Å². The van der Waals surface area contributed by atoms with Crippen molar-refractivity contribution in [2.45, 2.75) is 13.8 Å². The number of nitrogens with zero attached hydrogens (tertiary/aromatic N) is 2. The monoisotopic (exact) mass is 416 g/mol. The highest BCUT2D eigenvalue weighted by Gasteiger charge is 2.11. The Labute approximate surface area is 181 Å². The third-order valence-electron chi connectivity index (χ3n) is 4.39. The molecule has 0 aliphatic heterocycles. The quantitative estimate of drug-likeness (QED) is 0.274. The van der Waals surface area contributed by atoms with Crippen LogP contribution in [-0.2, 0) is 9.47 Å². The molecule has 0 bridgehead atoms. The number of benzene rings is 3. The molecule has 3 aromatic rings. The SMILES string of the molecule is CCOC(=O)c1ccc(N=CN(c2ccccc2)c2ccc(C(=O)OCC)cc2)cc1. The Morgan fingerprint density at radius 1 is 0.742 bits per heavy atom. The van der Waals surface area contributed by atoms with E-state index in [4.69, 9.17) is 9.47 Å². The average molecular weight is 416 g/mol. The molecular formula is C25H24N2O4. The molecule has 0 saturated carbocycles. The average Bonchev–Trinajstić information content (AvgIpc) is 2.81. The number of rotatable bonds is 8. The predicted molar refractivity (Wildman–Crippen MR) is 122 cm³/mol. The highest BCUT2D eigenvalue weighted by atomic mass is 16.5. The molecule has 0 amide bonds. The molecule has 0 atom stereocenters. The fourth-order valence-electron chi connectivity index (χ4n) is 2.87. The topological polar surface area (TPSA) is 68.2 Å². The van der Waals surface area contributed by atoms with Gasteiger partial charge >= 0.3 is 11.9 Å². The predicted octanol–water partition coefficient (Wildman–Crippen LogP) is 5.54. The first kappa shape index (κ1) is 21.8. The molecule has 6 nitrogen and oxygen atoms in total. The van der Waals surface area contributed by atoms with Gasteiger partial charge in [0.2, 0.25) is 0 Å². The van der Waals surface area contributed by atoms with Crippen LogP contribution in [0.2, 0.25) is 0 Å². The van der Waals surface area contributed by atoms with Crippen LogP contribution < -0.4 is 4.90 Å². The lowest BCUT2D eigenvalue weighted by molar-refractivity contribution is 0.0517. The van der Waals surface area contributed by atoms with Crippen molar-refractivity contribution in [2.24, 2.45) is 4.99 Å². The number of anilines is 2. The van der Waals surface area contributed by atoms with Gasteiger partial charge in [-0.1, -0.05) is 18.2 Å². The number of ether oxygens (including phenoxy) is 2. The molecule has 31 heavy (non-hydrogen) atoms. The number of carbonyl (C=O) groups excluding carboxylic acids is 2. The molecule has 0 radical (unpaired) electrons. The molecular weight excluding hydrogens is 392 g/mol. The van der Waals surface area contributed by atoms with Gasteiger partial charge in [0.05, 0.1) is 30.0 Å². The second-order valence-electron chi connectivity index (χ2n) is 6.48. The van der Waals surface area contributed by atoms with Crippen molar-refractivity contribution in [3.63, 3.8) is 0 Å². The van der Waals surface area contributed by atoms with Gasteiger partial charge in [0.25, 0.3) is 0 Å². The van der Waals surface area contributed by atoms with Crippen LogP contribution in [0.5, 0.6) is 0 Å². The van der Waals surface area contributed by atoms with E-state index in [-0.39, 0.29) is 11.9 Å². The van der Waals surface area contributed by atoms with Gasteiger partial charge in [0.15, 0.2) is 0 Å². The first-order chi connectivity index (χ1) is 15.1. The molecule has 0 saturated heterocycles. The van der Waals surface area contributed by atoms with E-state index in [9.17, 15) is 9.59 Å². The molecule has 0 spiro atoms. The molecule has 158 valence electrons. The summed E-state index contributed by atoms with van der Waals surface area (Å²) in [5.74, 6) is -0.707. The van der Waals surface area contributed by atoms with Gasteiger partial charge in [-0.15, -0.1) is 0 Å². The van der Waals surface area contributed by atoms with E-state index in [0.717, 1.165) is 11.4 Å². The molecule has 3 aromatic carbocycles. The Morgan fingerprint density at radius 3 is 1.74 bits per heavy atom. The van der Waals surface area contributed by atoms with Gasteiger partial charge in [-0.3, -0.25) is 0 Å². The van der Waals surface area contributed by atoms with Gasteiger partial charge in [-0.05, 0) is 74.5 Å². The summed E-state index contributed by atoms with van der Waals surface area (Å²) in [4.78, 5) is 30.2. The maximum atomic E-state index is 11.9. The smallest absolute Gasteiger partial charge is 0.338 e. The number of aliphatic imine (C=N–C) groups is 1. The van der Waals surface area contributed by atoms with E-state index in [0.29, 0.717) is 30.0 Å². The van der Waals surface area contributed by atoms with Crippen LogP contribution in [0, 0.1) is 0 Å². The number of hydrogen-bond acceptors (Lipinski definition) is 5. The van der Waals surface area contributed by atoms with E-state index >= 15 is 0 Å². The maximum absolute atomic E-state index is 11.9. The Morgan fingerprint density at radius 2 is 1.23 bits per heavy atom. The van der Waals surface area contributed by atoms with Crippen LogP contribution in [0.15, 0.2) is 83.9 Å². The molecule has 0 unspecified atom stereocenters. The lowest BCUT2D eigenvalue weighted by Crippen LogP contribution is -2.14. The molecule has 0 aromatic heterocycles. The highest BCUT2D eigenvalue weighted by molar-refractivity contribution is 5.93. The normalized spacial score (nSPS) is 10.6. The van der Waals surface area contributed by atoms with E-state index in [2.05, 4.69) is 4.99 Å². The Hall–Kier alpha value is -3.93. The Bertz CT molecular complexity index is 1030. The Kier molecular flexibility index (Phi) is 7.54. The molecule has 0 heterocycles. The minimum atomic E-state index is -0.356. The third-order valence-corrected chi connectivity index (χ3v) is 4.39. The van der Waals surface area contributed by atoms with Crippen molar-refractivity contribution in [3.8, 4) is 0 Å². The highest BCUT2D eigenvalue weighted by Crippen LogP contribution is 2.25. The van der Waals surface area contributed by atoms with Gasteiger partial charge < -0.3 is 14.4 Å². The van der Waals surface area contributed by atoms with Crippen LogP contribution in [0.25, 0.3) is 0 Å². The van der Waals surface area contributed by atoms with E-state index in [1.807, 2.05) is 47.4 Å². The second kappa shape index (κ2) is 10.7. The number of esters is 2. The number of para-hydroxylation sites is 1. The van der Waals surface area contributed by atoms with E-state index in [1.54, 1.807) is 56.6 Å². The van der Waals surface area contributed by atoms with Crippen LogP contribution in [0.4, 0.5) is 17.1 Å². The van der Waals surface area contributed by atoms with E-state index < -0.39 is 0 Å². The summed E-state index contributed by atoms with van der Waals surface area (Å²) in [5, 5.41) is 0. The second-order valence-corrected chi connectivity index (χ2v) is 6.48. The van der Waals surface area contributed by atoms with Gasteiger partial charge in [-0.2, -0.15) is 0 Å². The first-order valence-electron chi connectivity index (χ1n) is 10.0. The van der Waals surface area contributed by atoms with Crippen LogP contribution in [0.3, 0.4) is 0 Å². The van der Waals surface area contributed by atoms with Gasteiger partial charge in [0, 0.05) is 11.4 Å². The number of carbonyl (C=O) groups is 2. The fourth-order valence-corrected chi connectivity index (χ4v) is 2.87. The fraction of sp³-hybridized carbons (Fsp3) is 0.160. The molecule has 0 aliphatic rings. The van der Waals surface area contributed by atoms with Crippen molar-refractivity contribution in [2.75, 3.05) is 18.1 Å². The zero-order chi connectivity index (χ0) is 22.1. The van der Waals surface area contributed by atoms with Crippen molar-refractivity contribution >= 4 is 35.3 Å². The molecule has 3 rings (SSSR count). The summed E-state index contributed by atoms with van der Waals surface area (Å²) in [6.45, 7) is 4.21. The molecule has 0 N–H and O–H groups in total. The summed E-state index contributed by atoms with van der Waals surface area (Å²) in [5.41, 5.74) is 3.42. The Balaban J connectivity index is 1.85. The molecule has 6 heteroatoms. The van der Waals surface area contributed by atoms with Crippen LogP contribution >= 0.6 is 0 Å². The van der Waals surface area contributed by atoms with E-state index in [1.165, 1.54) is 0 Å². The summed E-state index contributed by atoms with van der Waals surface area (Å²) in [6.07, 6.45) is 1.70. The van der Waals surface area contributed by atoms with Crippen molar-refractivity contribution < 1.29 is 19.1 Å². The van der Waals surface area contributed by atoms with Gasteiger partial charge in [0.1, 0.15) is 6.34 Å². The minimum absolute atomic E-state index is 0.332. The lowest BCUT2D eigenvalue weighted by Gasteiger charge is -2.20. The molecule has 0 fully saturated rings. The first-order valence-corrected chi connectivity index (χ1v) is 10.0. The van der Waals surface area contributed by atoms with Crippen molar-refractivity contribution in [1.29, 1.82) is 0 Å². The zero-order valence-electron chi connectivity index (χ0n) is 17.5. The summed E-state index contributed by atoms with van der Waals surface area (Å²) in [7, 11) is 0. The summed E-state index contributed by atoms with van der Waals surface area (Å²) >= 11 is 0. The third kappa shape index (κ3) is 5.79. The summed E-state index contributed by atoms with van der Waals surface area (Å²) < 4.78 is 10.1. The van der Waals surface area contributed by atoms with Crippen LogP contribution in [0.1, 0.15) is 34.6 Å².